The van der Waals surface area contributed by atoms with Crippen molar-refractivity contribution in [2.75, 3.05) is 0 Å². The third-order valence-electron chi connectivity index (χ3n) is 3.83. The van der Waals surface area contributed by atoms with Crippen LogP contribution in [0.2, 0.25) is 0 Å². The highest BCUT2D eigenvalue weighted by Gasteiger charge is 2.39. The Morgan fingerprint density at radius 3 is 2.76 bits per heavy atom. The van der Waals surface area contributed by atoms with E-state index in [-0.39, 0.29) is 11.8 Å². The summed E-state index contributed by atoms with van der Waals surface area (Å²) in [5.74, 6) is 1.54. The van der Waals surface area contributed by atoms with Crippen molar-refractivity contribution >= 4 is 5.91 Å². The zero-order valence-electron chi connectivity index (χ0n) is 9.67. The van der Waals surface area contributed by atoms with Gasteiger partial charge >= 0.3 is 0 Å². The molecular weight excluding hydrogens is 212 g/mol. The van der Waals surface area contributed by atoms with E-state index in [1.54, 1.807) is 12.4 Å². The fourth-order valence-electron chi connectivity index (χ4n) is 2.90. The molecule has 3 unspecified atom stereocenters. The van der Waals surface area contributed by atoms with Gasteiger partial charge in [0.05, 0.1) is 0 Å². The van der Waals surface area contributed by atoms with Crippen LogP contribution in [0.4, 0.5) is 0 Å². The van der Waals surface area contributed by atoms with Crippen molar-refractivity contribution in [2.45, 2.75) is 19.4 Å². The molecule has 2 aliphatic rings. The van der Waals surface area contributed by atoms with E-state index in [0.29, 0.717) is 18.4 Å². The Labute approximate surface area is 101 Å². The number of allylic oxidation sites excluding steroid dienone is 2. The zero-order chi connectivity index (χ0) is 11.7. The van der Waals surface area contributed by atoms with Crippen molar-refractivity contribution in [1.29, 1.82) is 0 Å². The molecule has 2 aliphatic carbocycles. The second kappa shape index (κ2) is 4.32. The molecule has 0 aromatic carbocycles. The van der Waals surface area contributed by atoms with E-state index in [1.165, 1.54) is 6.42 Å². The Bertz CT molecular complexity index is 441. The van der Waals surface area contributed by atoms with E-state index >= 15 is 0 Å². The molecule has 1 fully saturated rings. The Balaban J connectivity index is 1.56. The van der Waals surface area contributed by atoms with E-state index in [1.807, 2.05) is 12.1 Å². The summed E-state index contributed by atoms with van der Waals surface area (Å²) in [7, 11) is 0. The second-order valence-corrected chi connectivity index (χ2v) is 4.96. The van der Waals surface area contributed by atoms with Gasteiger partial charge in [-0.2, -0.15) is 0 Å². The van der Waals surface area contributed by atoms with Crippen LogP contribution in [0.25, 0.3) is 0 Å². The number of rotatable bonds is 3. The summed E-state index contributed by atoms with van der Waals surface area (Å²) in [6, 6.07) is 3.86. The maximum Gasteiger partial charge on any atom is 0.223 e. The standard InChI is InChI=1S/C14H16N2O/c17-14(13-8-11-1-2-12(13)7-11)16-9-10-3-5-15-6-4-10/h1-6,11-13H,7-9H2,(H,16,17). The molecule has 1 aromatic rings. The van der Waals surface area contributed by atoms with E-state index in [4.69, 9.17) is 0 Å². The first-order valence-corrected chi connectivity index (χ1v) is 6.18. The first-order valence-electron chi connectivity index (χ1n) is 6.18. The van der Waals surface area contributed by atoms with Crippen molar-refractivity contribution in [2.24, 2.45) is 17.8 Å². The van der Waals surface area contributed by atoms with E-state index in [2.05, 4.69) is 22.5 Å². The molecule has 3 heteroatoms. The van der Waals surface area contributed by atoms with Gasteiger partial charge in [-0.15, -0.1) is 0 Å². The van der Waals surface area contributed by atoms with Crippen LogP contribution in [-0.2, 0) is 11.3 Å². The lowest BCUT2D eigenvalue weighted by Gasteiger charge is -2.17. The summed E-state index contributed by atoms with van der Waals surface area (Å²) in [6.07, 6.45) is 10.2. The molecule has 1 N–H and O–H groups in total. The van der Waals surface area contributed by atoms with Crippen LogP contribution >= 0.6 is 0 Å². The van der Waals surface area contributed by atoms with Crippen LogP contribution < -0.4 is 5.32 Å². The van der Waals surface area contributed by atoms with Crippen LogP contribution in [0, 0.1) is 17.8 Å². The summed E-state index contributed by atoms with van der Waals surface area (Å²) in [5.41, 5.74) is 1.10. The van der Waals surface area contributed by atoms with E-state index in [9.17, 15) is 4.79 Å². The maximum absolute atomic E-state index is 12.0. The molecule has 3 rings (SSSR count). The monoisotopic (exact) mass is 228 g/mol. The van der Waals surface area contributed by atoms with Gasteiger partial charge in [0.15, 0.2) is 0 Å². The molecule has 0 spiro atoms. The SMILES string of the molecule is O=C(NCc1ccncc1)C1CC2C=CC1C2. The number of pyridine rings is 1. The Morgan fingerprint density at radius 1 is 1.29 bits per heavy atom. The number of carbonyl (C=O) groups is 1. The summed E-state index contributed by atoms with van der Waals surface area (Å²) < 4.78 is 0. The molecular formula is C14H16N2O. The average Bonchev–Trinajstić information content (AvgIpc) is 2.99. The van der Waals surface area contributed by atoms with Crippen LogP contribution in [-0.4, -0.2) is 10.9 Å². The summed E-state index contributed by atoms with van der Waals surface area (Å²) in [4.78, 5) is 16.0. The fourth-order valence-corrected chi connectivity index (χ4v) is 2.90. The number of carbonyl (C=O) groups excluding carboxylic acids is 1. The molecule has 0 aliphatic heterocycles. The summed E-state index contributed by atoms with van der Waals surface area (Å²) in [5, 5.41) is 3.03. The Kier molecular flexibility index (Phi) is 2.67. The minimum atomic E-state index is 0.201. The quantitative estimate of drug-likeness (QED) is 0.803. The van der Waals surface area contributed by atoms with Gasteiger partial charge in [0.25, 0.3) is 0 Å². The lowest BCUT2D eigenvalue weighted by molar-refractivity contribution is -0.125. The van der Waals surface area contributed by atoms with Crippen molar-refractivity contribution < 1.29 is 4.79 Å². The predicted octanol–water partition coefficient (Wildman–Crippen LogP) is 1.91. The average molecular weight is 228 g/mol. The number of hydrogen-bond acceptors (Lipinski definition) is 2. The molecule has 1 aromatic heterocycles. The summed E-state index contributed by atoms with van der Waals surface area (Å²) in [6.45, 7) is 0.610. The van der Waals surface area contributed by atoms with Gasteiger partial charge in [-0.05, 0) is 42.4 Å². The summed E-state index contributed by atoms with van der Waals surface area (Å²) >= 11 is 0. The van der Waals surface area contributed by atoms with Gasteiger partial charge in [-0.25, -0.2) is 0 Å². The molecule has 1 amide bonds. The highest BCUT2D eigenvalue weighted by molar-refractivity contribution is 5.79. The molecule has 3 nitrogen and oxygen atoms in total. The lowest BCUT2D eigenvalue weighted by Crippen LogP contribution is -2.32. The molecule has 1 heterocycles. The van der Waals surface area contributed by atoms with Crippen LogP contribution in [0.15, 0.2) is 36.7 Å². The van der Waals surface area contributed by atoms with Gasteiger partial charge < -0.3 is 5.32 Å². The maximum atomic E-state index is 12.0. The molecule has 88 valence electrons. The van der Waals surface area contributed by atoms with Gasteiger partial charge in [0.1, 0.15) is 0 Å². The normalized spacial score (nSPS) is 29.5. The second-order valence-electron chi connectivity index (χ2n) is 4.96. The number of amides is 1. The number of hydrogen-bond donors (Lipinski definition) is 1. The van der Waals surface area contributed by atoms with Gasteiger partial charge in [0, 0.05) is 24.9 Å². The number of aromatic nitrogens is 1. The third-order valence-corrected chi connectivity index (χ3v) is 3.83. The predicted molar refractivity (Wildman–Crippen MR) is 64.9 cm³/mol. The van der Waals surface area contributed by atoms with E-state index < -0.39 is 0 Å². The Hall–Kier alpha value is -1.64. The minimum absolute atomic E-state index is 0.201. The zero-order valence-corrected chi connectivity index (χ0v) is 9.67. The third kappa shape index (κ3) is 2.09. The number of fused-ring (bicyclic) bond motifs is 2. The van der Waals surface area contributed by atoms with Crippen molar-refractivity contribution in [3.05, 3.63) is 42.2 Å². The highest BCUT2D eigenvalue weighted by atomic mass is 16.1. The van der Waals surface area contributed by atoms with E-state index in [0.717, 1.165) is 12.0 Å². The van der Waals surface area contributed by atoms with Crippen molar-refractivity contribution in [3.8, 4) is 0 Å². The topological polar surface area (TPSA) is 42.0 Å². The first kappa shape index (κ1) is 10.5. The van der Waals surface area contributed by atoms with Crippen LogP contribution in [0.1, 0.15) is 18.4 Å². The molecule has 3 atom stereocenters. The molecule has 0 radical (unpaired) electrons. The highest BCUT2D eigenvalue weighted by Crippen LogP contribution is 2.43. The molecule has 1 saturated carbocycles. The van der Waals surface area contributed by atoms with Crippen molar-refractivity contribution in [1.82, 2.24) is 10.3 Å². The smallest absolute Gasteiger partial charge is 0.223 e. The lowest BCUT2D eigenvalue weighted by atomic mass is 9.93. The van der Waals surface area contributed by atoms with Crippen LogP contribution in [0.5, 0.6) is 0 Å². The fraction of sp³-hybridized carbons (Fsp3) is 0.429. The van der Waals surface area contributed by atoms with Crippen molar-refractivity contribution in [3.63, 3.8) is 0 Å². The minimum Gasteiger partial charge on any atom is -0.352 e. The Morgan fingerprint density at radius 2 is 2.12 bits per heavy atom. The number of nitrogens with one attached hydrogen (secondary N) is 1. The molecule has 0 saturated heterocycles. The van der Waals surface area contributed by atoms with Crippen LogP contribution in [0.3, 0.4) is 0 Å². The van der Waals surface area contributed by atoms with Gasteiger partial charge in [-0.1, -0.05) is 12.2 Å². The number of nitrogens with zero attached hydrogens (tertiary/aromatic N) is 1. The molecule has 17 heavy (non-hydrogen) atoms. The first-order chi connectivity index (χ1) is 8.33. The van der Waals surface area contributed by atoms with Gasteiger partial charge in [0.2, 0.25) is 5.91 Å². The van der Waals surface area contributed by atoms with Gasteiger partial charge in [-0.3, -0.25) is 9.78 Å². The molecule has 2 bridgehead atoms. The largest absolute Gasteiger partial charge is 0.352 e.